The van der Waals surface area contributed by atoms with Gasteiger partial charge in [0.1, 0.15) is 11.2 Å². The normalized spacial score (nSPS) is 10.7. The van der Waals surface area contributed by atoms with E-state index in [-0.39, 0.29) is 6.67 Å². The van der Waals surface area contributed by atoms with Crippen LogP contribution in [-0.4, -0.2) is 9.55 Å². The van der Waals surface area contributed by atoms with E-state index in [0.29, 0.717) is 11.4 Å². The molecule has 0 aliphatic heterocycles. The van der Waals surface area contributed by atoms with Gasteiger partial charge in [0.05, 0.1) is 17.9 Å². The van der Waals surface area contributed by atoms with E-state index in [1.54, 1.807) is 22.9 Å². The van der Waals surface area contributed by atoms with E-state index in [4.69, 9.17) is 15.6 Å². The SMILES string of the molecule is Cc1nc(-c2ccc(=N)n(CN)c2)oc1C. The molecule has 0 aliphatic carbocycles. The predicted octanol–water partition coefficient (Wildman–Crippen LogP) is 1.16. The van der Waals surface area contributed by atoms with Crippen LogP contribution in [0.25, 0.3) is 11.5 Å². The fourth-order valence-corrected chi connectivity index (χ4v) is 1.42. The van der Waals surface area contributed by atoms with Gasteiger partial charge in [0.15, 0.2) is 0 Å². The first-order chi connectivity index (χ1) is 7.61. The summed E-state index contributed by atoms with van der Waals surface area (Å²) in [5.74, 6) is 1.38. The largest absolute Gasteiger partial charge is 0.441 e. The number of nitrogens with one attached hydrogen (secondary N) is 1. The van der Waals surface area contributed by atoms with Gasteiger partial charge in [-0.25, -0.2) is 4.98 Å². The van der Waals surface area contributed by atoms with Gasteiger partial charge in [0.2, 0.25) is 5.89 Å². The maximum Gasteiger partial charge on any atom is 0.227 e. The van der Waals surface area contributed by atoms with Crippen LogP contribution in [0.4, 0.5) is 0 Å². The van der Waals surface area contributed by atoms with Crippen LogP contribution in [0.2, 0.25) is 0 Å². The summed E-state index contributed by atoms with van der Waals surface area (Å²) in [4.78, 5) is 4.30. The lowest BCUT2D eigenvalue weighted by Gasteiger charge is -2.04. The molecule has 5 heteroatoms. The Bertz CT molecular complexity index is 548. The summed E-state index contributed by atoms with van der Waals surface area (Å²) < 4.78 is 7.14. The monoisotopic (exact) mass is 218 g/mol. The third-order valence-corrected chi connectivity index (χ3v) is 2.50. The lowest BCUT2D eigenvalue weighted by molar-refractivity contribution is 0.539. The van der Waals surface area contributed by atoms with Gasteiger partial charge >= 0.3 is 0 Å². The molecule has 2 heterocycles. The maximum absolute atomic E-state index is 7.61. The van der Waals surface area contributed by atoms with Crippen LogP contribution in [0.1, 0.15) is 11.5 Å². The van der Waals surface area contributed by atoms with Gasteiger partial charge in [-0.05, 0) is 26.0 Å². The lowest BCUT2D eigenvalue weighted by atomic mass is 10.3. The molecule has 0 radical (unpaired) electrons. The van der Waals surface area contributed by atoms with Crippen LogP contribution < -0.4 is 11.2 Å². The van der Waals surface area contributed by atoms with Gasteiger partial charge in [-0.15, -0.1) is 0 Å². The molecule has 0 spiro atoms. The zero-order valence-corrected chi connectivity index (χ0v) is 9.32. The first-order valence-corrected chi connectivity index (χ1v) is 5.01. The minimum atomic E-state index is 0.269. The quantitative estimate of drug-likeness (QED) is 0.793. The Balaban J connectivity index is 2.52. The number of rotatable bonds is 2. The summed E-state index contributed by atoms with van der Waals surface area (Å²) in [7, 11) is 0. The van der Waals surface area contributed by atoms with Gasteiger partial charge in [-0.1, -0.05) is 0 Å². The van der Waals surface area contributed by atoms with Gasteiger partial charge in [0, 0.05) is 6.20 Å². The van der Waals surface area contributed by atoms with Crippen LogP contribution in [0.3, 0.4) is 0 Å². The standard InChI is InChI=1S/C11H14N4O/c1-7-8(2)16-11(14-7)9-3-4-10(13)15(5-9)6-12/h3-5,13H,6,12H2,1-2H3. The van der Waals surface area contributed by atoms with Gasteiger partial charge in [-0.3, -0.25) is 5.41 Å². The Morgan fingerprint density at radius 2 is 2.19 bits per heavy atom. The highest BCUT2D eigenvalue weighted by molar-refractivity contribution is 5.51. The van der Waals surface area contributed by atoms with E-state index in [9.17, 15) is 0 Å². The van der Waals surface area contributed by atoms with Crippen molar-refractivity contribution in [2.24, 2.45) is 5.73 Å². The second kappa shape index (κ2) is 3.94. The van der Waals surface area contributed by atoms with Crippen molar-refractivity contribution in [3.8, 4) is 11.5 Å². The molecule has 0 amide bonds. The summed E-state index contributed by atoms with van der Waals surface area (Å²) >= 11 is 0. The van der Waals surface area contributed by atoms with E-state index < -0.39 is 0 Å². The third kappa shape index (κ3) is 1.77. The average molecular weight is 218 g/mol. The van der Waals surface area contributed by atoms with Crippen molar-refractivity contribution < 1.29 is 4.42 Å². The Hall–Kier alpha value is -1.88. The fourth-order valence-electron chi connectivity index (χ4n) is 1.42. The minimum absolute atomic E-state index is 0.269. The predicted molar refractivity (Wildman–Crippen MR) is 59.4 cm³/mol. The van der Waals surface area contributed by atoms with E-state index in [2.05, 4.69) is 4.98 Å². The highest BCUT2D eigenvalue weighted by Crippen LogP contribution is 2.19. The lowest BCUT2D eigenvalue weighted by Crippen LogP contribution is -2.22. The van der Waals surface area contributed by atoms with Crippen LogP contribution in [0.15, 0.2) is 22.7 Å². The van der Waals surface area contributed by atoms with Crippen LogP contribution in [-0.2, 0) is 6.67 Å². The Kier molecular flexibility index (Phi) is 2.62. The molecule has 0 bridgehead atoms. The summed E-state index contributed by atoms with van der Waals surface area (Å²) in [6.07, 6.45) is 1.77. The van der Waals surface area contributed by atoms with Crippen molar-refractivity contribution >= 4 is 0 Å². The number of pyridine rings is 1. The molecule has 2 aromatic heterocycles. The molecule has 0 aliphatic rings. The van der Waals surface area contributed by atoms with Gasteiger partial charge in [-0.2, -0.15) is 0 Å². The fraction of sp³-hybridized carbons (Fsp3) is 0.273. The van der Waals surface area contributed by atoms with Gasteiger partial charge in [0.25, 0.3) is 0 Å². The molecule has 0 aromatic carbocycles. The Morgan fingerprint density at radius 1 is 1.44 bits per heavy atom. The highest BCUT2D eigenvalue weighted by Gasteiger charge is 2.08. The zero-order valence-electron chi connectivity index (χ0n) is 9.32. The van der Waals surface area contributed by atoms with Crippen LogP contribution in [0, 0.1) is 19.3 Å². The summed E-state index contributed by atoms with van der Waals surface area (Å²) in [5.41, 5.74) is 7.60. The highest BCUT2D eigenvalue weighted by atomic mass is 16.4. The molecule has 84 valence electrons. The Morgan fingerprint density at radius 3 is 2.75 bits per heavy atom. The van der Waals surface area contributed by atoms with Gasteiger partial charge < -0.3 is 14.7 Å². The summed E-state index contributed by atoms with van der Waals surface area (Å²) in [5, 5.41) is 7.61. The van der Waals surface area contributed by atoms with Crippen molar-refractivity contribution in [3.05, 3.63) is 35.3 Å². The van der Waals surface area contributed by atoms with Crippen LogP contribution >= 0.6 is 0 Å². The number of oxazole rings is 1. The number of hydrogen-bond donors (Lipinski definition) is 2. The van der Waals surface area contributed by atoms with E-state index >= 15 is 0 Å². The third-order valence-electron chi connectivity index (χ3n) is 2.50. The molecule has 0 saturated heterocycles. The molecule has 16 heavy (non-hydrogen) atoms. The topological polar surface area (TPSA) is 80.8 Å². The molecule has 5 nitrogen and oxygen atoms in total. The van der Waals surface area contributed by atoms with E-state index in [1.807, 2.05) is 13.8 Å². The number of aryl methyl sites for hydroxylation is 2. The summed E-state index contributed by atoms with van der Waals surface area (Å²) in [6.45, 7) is 4.05. The van der Waals surface area contributed by atoms with E-state index in [1.165, 1.54) is 0 Å². The second-order valence-electron chi connectivity index (χ2n) is 3.62. The molecule has 0 fully saturated rings. The number of hydrogen-bond acceptors (Lipinski definition) is 4. The van der Waals surface area contributed by atoms with Crippen molar-refractivity contribution in [1.82, 2.24) is 9.55 Å². The molecule has 2 rings (SSSR count). The smallest absolute Gasteiger partial charge is 0.227 e. The molecule has 3 N–H and O–H groups in total. The van der Waals surface area contributed by atoms with Crippen molar-refractivity contribution in [3.63, 3.8) is 0 Å². The first kappa shape index (κ1) is 10.6. The average Bonchev–Trinajstić information content (AvgIpc) is 2.60. The van der Waals surface area contributed by atoms with E-state index in [0.717, 1.165) is 17.0 Å². The zero-order chi connectivity index (χ0) is 11.7. The molecule has 0 atom stereocenters. The molecule has 0 unspecified atom stereocenters. The van der Waals surface area contributed by atoms with Crippen LogP contribution in [0.5, 0.6) is 0 Å². The molecular weight excluding hydrogens is 204 g/mol. The second-order valence-corrected chi connectivity index (χ2v) is 3.62. The first-order valence-electron chi connectivity index (χ1n) is 5.01. The summed E-state index contributed by atoms with van der Waals surface area (Å²) in [6, 6.07) is 3.48. The van der Waals surface area contributed by atoms with Crippen molar-refractivity contribution in [1.29, 1.82) is 5.41 Å². The molecular formula is C11H14N4O. The number of nitrogens with zero attached hydrogens (tertiary/aromatic N) is 2. The number of aromatic nitrogens is 2. The number of nitrogens with two attached hydrogens (primary N) is 1. The maximum atomic E-state index is 7.61. The van der Waals surface area contributed by atoms with Crippen molar-refractivity contribution in [2.75, 3.05) is 0 Å². The molecule has 0 saturated carbocycles. The Labute approximate surface area is 93.1 Å². The van der Waals surface area contributed by atoms with Crippen molar-refractivity contribution in [2.45, 2.75) is 20.5 Å². The minimum Gasteiger partial charge on any atom is -0.441 e. The molecule has 2 aromatic rings.